The highest BCUT2D eigenvalue weighted by molar-refractivity contribution is 5.76. The average molecular weight is 343 g/mol. The fourth-order valence-electron chi connectivity index (χ4n) is 3.33. The Bertz CT molecular complexity index is 696. The minimum Gasteiger partial charge on any atom is -0.497 e. The van der Waals surface area contributed by atoms with E-state index in [0.717, 1.165) is 44.4 Å². The summed E-state index contributed by atoms with van der Waals surface area (Å²) in [4.78, 5) is 18.8. The molecule has 0 unspecified atom stereocenters. The van der Waals surface area contributed by atoms with Gasteiger partial charge in [0.05, 0.1) is 13.2 Å². The van der Waals surface area contributed by atoms with Gasteiger partial charge in [-0.2, -0.15) is 4.98 Å². The van der Waals surface area contributed by atoms with Gasteiger partial charge in [-0.3, -0.25) is 4.79 Å². The lowest BCUT2D eigenvalue weighted by molar-refractivity contribution is -0.132. The molecule has 1 fully saturated rings. The van der Waals surface area contributed by atoms with Crippen molar-refractivity contribution in [2.75, 3.05) is 13.7 Å². The molecule has 3 rings (SSSR count). The van der Waals surface area contributed by atoms with Crippen LogP contribution in [0.4, 0.5) is 0 Å². The number of unbranched alkanes of at least 4 members (excludes halogenated alkanes) is 1. The molecule has 0 saturated carbocycles. The molecule has 0 N–H and O–H groups in total. The van der Waals surface area contributed by atoms with Crippen LogP contribution in [-0.2, 0) is 11.2 Å². The van der Waals surface area contributed by atoms with E-state index in [1.54, 1.807) is 14.0 Å². The molecular weight excluding hydrogens is 318 g/mol. The lowest BCUT2D eigenvalue weighted by Gasteiger charge is -2.22. The number of benzene rings is 1. The fourth-order valence-corrected chi connectivity index (χ4v) is 3.33. The van der Waals surface area contributed by atoms with E-state index in [1.807, 2.05) is 17.0 Å². The maximum absolute atomic E-state index is 12.6. The summed E-state index contributed by atoms with van der Waals surface area (Å²) in [5.41, 5.74) is 1.27. The Morgan fingerprint density at radius 2 is 2.12 bits per heavy atom. The Morgan fingerprint density at radius 1 is 1.32 bits per heavy atom. The summed E-state index contributed by atoms with van der Waals surface area (Å²) in [7, 11) is 1.67. The normalized spacial score (nSPS) is 17.0. The molecule has 2 heterocycles. The first-order valence-corrected chi connectivity index (χ1v) is 8.90. The van der Waals surface area contributed by atoms with Gasteiger partial charge in [0.15, 0.2) is 5.82 Å². The summed E-state index contributed by atoms with van der Waals surface area (Å²) >= 11 is 0. The number of likely N-dealkylation sites (tertiary alicyclic amines) is 1. The van der Waals surface area contributed by atoms with E-state index in [4.69, 9.17) is 9.26 Å². The topological polar surface area (TPSA) is 68.5 Å². The first-order valence-electron chi connectivity index (χ1n) is 8.90. The molecule has 0 radical (unpaired) electrons. The van der Waals surface area contributed by atoms with E-state index < -0.39 is 0 Å². The Hall–Kier alpha value is -2.37. The quantitative estimate of drug-likeness (QED) is 0.720. The van der Waals surface area contributed by atoms with Crippen LogP contribution in [0.1, 0.15) is 55.4 Å². The Balaban J connectivity index is 1.45. The van der Waals surface area contributed by atoms with Gasteiger partial charge in [0.2, 0.25) is 11.8 Å². The SMILES string of the molecule is COc1ccc(CCCCC(=O)N2CCC[C@@H]2c2noc(C)n2)cc1. The van der Waals surface area contributed by atoms with E-state index in [-0.39, 0.29) is 11.9 Å². The van der Waals surface area contributed by atoms with Gasteiger partial charge in [-0.1, -0.05) is 17.3 Å². The summed E-state index contributed by atoms with van der Waals surface area (Å²) in [6.07, 6.45) is 5.35. The largest absolute Gasteiger partial charge is 0.497 e. The second-order valence-electron chi connectivity index (χ2n) is 6.47. The van der Waals surface area contributed by atoms with E-state index in [2.05, 4.69) is 22.3 Å². The highest BCUT2D eigenvalue weighted by Crippen LogP contribution is 2.30. The number of carbonyl (C=O) groups excluding carboxylic acids is 1. The molecule has 6 heteroatoms. The summed E-state index contributed by atoms with van der Waals surface area (Å²) in [5, 5.41) is 3.99. The van der Waals surface area contributed by atoms with E-state index in [9.17, 15) is 4.79 Å². The molecule has 0 spiro atoms. The summed E-state index contributed by atoms with van der Waals surface area (Å²) in [5.74, 6) is 2.26. The Kier molecular flexibility index (Phi) is 5.68. The number of hydrogen-bond acceptors (Lipinski definition) is 5. The minimum atomic E-state index is -0.0217. The van der Waals surface area contributed by atoms with Gasteiger partial charge in [-0.25, -0.2) is 0 Å². The maximum atomic E-state index is 12.6. The molecule has 1 atom stereocenters. The number of methoxy groups -OCH3 is 1. The summed E-state index contributed by atoms with van der Waals surface area (Å²) in [6, 6.07) is 8.09. The van der Waals surface area contributed by atoms with Gasteiger partial charge in [0.25, 0.3) is 0 Å². The van der Waals surface area contributed by atoms with Crippen molar-refractivity contribution in [3.63, 3.8) is 0 Å². The van der Waals surface area contributed by atoms with Gasteiger partial charge in [0.1, 0.15) is 5.75 Å². The molecule has 6 nitrogen and oxygen atoms in total. The molecule has 1 aromatic carbocycles. The number of aryl methyl sites for hydroxylation is 2. The van der Waals surface area contributed by atoms with E-state index in [1.165, 1.54) is 5.56 Å². The third-order valence-corrected chi connectivity index (χ3v) is 4.68. The zero-order chi connectivity index (χ0) is 17.6. The van der Waals surface area contributed by atoms with Crippen LogP contribution in [0, 0.1) is 6.92 Å². The van der Waals surface area contributed by atoms with Gasteiger partial charge < -0.3 is 14.2 Å². The molecule has 1 amide bonds. The number of nitrogens with zero attached hydrogens (tertiary/aromatic N) is 3. The van der Waals surface area contributed by atoms with Crippen LogP contribution in [0.15, 0.2) is 28.8 Å². The van der Waals surface area contributed by atoms with Gasteiger partial charge in [0, 0.05) is 19.9 Å². The molecule has 1 aliphatic rings. The van der Waals surface area contributed by atoms with Crippen molar-refractivity contribution in [3.8, 4) is 5.75 Å². The molecule has 0 aliphatic carbocycles. The lowest BCUT2D eigenvalue weighted by Crippen LogP contribution is -2.30. The smallest absolute Gasteiger partial charge is 0.223 e. The van der Waals surface area contributed by atoms with Crippen molar-refractivity contribution in [3.05, 3.63) is 41.5 Å². The van der Waals surface area contributed by atoms with Crippen LogP contribution in [0.2, 0.25) is 0 Å². The van der Waals surface area contributed by atoms with Crippen molar-refractivity contribution in [2.24, 2.45) is 0 Å². The molecule has 1 saturated heterocycles. The zero-order valence-electron chi connectivity index (χ0n) is 14.9. The molecular formula is C19H25N3O3. The fraction of sp³-hybridized carbons (Fsp3) is 0.526. The molecule has 1 aromatic heterocycles. The molecule has 25 heavy (non-hydrogen) atoms. The second kappa shape index (κ2) is 8.14. The van der Waals surface area contributed by atoms with Crippen LogP contribution >= 0.6 is 0 Å². The molecule has 2 aromatic rings. The minimum absolute atomic E-state index is 0.0217. The number of ether oxygens (including phenoxy) is 1. The number of amides is 1. The molecule has 1 aliphatic heterocycles. The number of hydrogen-bond donors (Lipinski definition) is 0. The lowest BCUT2D eigenvalue weighted by atomic mass is 10.1. The predicted octanol–water partition coefficient (Wildman–Crippen LogP) is 3.46. The van der Waals surface area contributed by atoms with E-state index in [0.29, 0.717) is 18.1 Å². The highest BCUT2D eigenvalue weighted by atomic mass is 16.5. The molecule has 134 valence electrons. The van der Waals surface area contributed by atoms with Crippen LogP contribution in [0.25, 0.3) is 0 Å². The monoisotopic (exact) mass is 343 g/mol. The van der Waals surface area contributed by atoms with Gasteiger partial charge in [-0.15, -0.1) is 0 Å². The number of aromatic nitrogens is 2. The van der Waals surface area contributed by atoms with E-state index >= 15 is 0 Å². The summed E-state index contributed by atoms with van der Waals surface area (Å²) < 4.78 is 10.2. The van der Waals surface area contributed by atoms with Crippen LogP contribution in [-0.4, -0.2) is 34.6 Å². The standard InChI is InChI=1S/C19H25N3O3/c1-14-20-19(21-25-14)17-7-5-13-22(17)18(23)8-4-3-6-15-9-11-16(24-2)12-10-15/h9-12,17H,3-8,13H2,1-2H3/t17-/m1/s1. The van der Waals surface area contributed by atoms with Crippen molar-refractivity contribution in [2.45, 2.75) is 51.5 Å². The first kappa shape index (κ1) is 17.5. The molecule has 0 bridgehead atoms. The summed E-state index contributed by atoms with van der Waals surface area (Å²) in [6.45, 7) is 2.56. The van der Waals surface area contributed by atoms with Crippen molar-refractivity contribution >= 4 is 5.91 Å². The predicted molar refractivity (Wildman–Crippen MR) is 93.3 cm³/mol. The van der Waals surface area contributed by atoms with Crippen LogP contribution < -0.4 is 4.74 Å². The van der Waals surface area contributed by atoms with Crippen LogP contribution in [0.3, 0.4) is 0 Å². The Morgan fingerprint density at radius 3 is 2.80 bits per heavy atom. The van der Waals surface area contributed by atoms with Crippen molar-refractivity contribution in [1.29, 1.82) is 0 Å². The van der Waals surface area contributed by atoms with Gasteiger partial charge in [-0.05, 0) is 49.8 Å². The third-order valence-electron chi connectivity index (χ3n) is 4.68. The highest BCUT2D eigenvalue weighted by Gasteiger charge is 2.32. The Labute approximate surface area is 148 Å². The van der Waals surface area contributed by atoms with Crippen LogP contribution in [0.5, 0.6) is 5.75 Å². The van der Waals surface area contributed by atoms with Crippen molar-refractivity contribution < 1.29 is 14.1 Å². The van der Waals surface area contributed by atoms with Gasteiger partial charge >= 0.3 is 0 Å². The average Bonchev–Trinajstić information content (AvgIpc) is 3.27. The number of carbonyl (C=O) groups is 1. The number of rotatable bonds is 7. The van der Waals surface area contributed by atoms with Crippen molar-refractivity contribution in [1.82, 2.24) is 15.0 Å². The zero-order valence-corrected chi connectivity index (χ0v) is 14.9. The third kappa shape index (κ3) is 4.38. The maximum Gasteiger partial charge on any atom is 0.223 e. The second-order valence-corrected chi connectivity index (χ2v) is 6.47. The first-order chi connectivity index (χ1) is 12.2.